The molecule has 0 N–H and O–H groups in total. The molecule has 2 heterocycles. The Morgan fingerprint density at radius 1 is 1.00 bits per heavy atom. The van der Waals surface area contributed by atoms with Crippen molar-refractivity contribution in [3.05, 3.63) is 35.4 Å². The summed E-state index contributed by atoms with van der Waals surface area (Å²) in [6.45, 7) is 9.41. The Morgan fingerprint density at radius 2 is 1.70 bits per heavy atom. The van der Waals surface area contributed by atoms with E-state index in [1.165, 1.54) is 51.1 Å². The van der Waals surface area contributed by atoms with Gasteiger partial charge >= 0.3 is 0 Å². The summed E-state index contributed by atoms with van der Waals surface area (Å²) in [5.41, 5.74) is 2.00. The van der Waals surface area contributed by atoms with Gasteiger partial charge in [-0.15, -0.1) is 0 Å². The fourth-order valence-electron chi connectivity index (χ4n) is 3.73. The first-order chi connectivity index (χ1) is 11.2. The zero-order chi connectivity index (χ0) is 16.1. The zero-order valence-electron chi connectivity index (χ0n) is 14.2. The van der Waals surface area contributed by atoms with E-state index in [4.69, 9.17) is 0 Å². The van der Waals surface area contributed by atoms with Gasteiger partial charge in [0.25, 0.3) is 0 Å². The quantitative estimate of drug-likeness (QED) is 0.852. The molecule has 0 saturated carbocycles. The number of benzene rings is 1. The predicted molar refractivity (Wildman–Crippen MR) is 93.1 cm³/mol. The number of piperidine rings is 1. The lowest BCUT2D eigenvalue weighted by Gasteiger charge is -2.38. The Morgan fingerprint density at radius 3 is 2.39 bits per heavy atom. The fourth-order valence-corrected chi connectivity index (χ4v) is 3.73. The Balaban J connectivity index is 1.44. The molecule has 2 aliphatic heterocycles. The van der Waals surface area contributed by atoms with Gasteiger partial charge in [0.15, 0.2) is 0 Å². The lowest BCUT2D eigenvalue weighted by molar-refractivity contribution is 0.104. The van der Waals surface area contributed by atoms with Crippen LogP contribution in [0.4, 0.5) is 0 Å². The van der Waals surface area contributed by atoms with Gasteiger partial charge in [-0.1, -0.05) is 18.2 Å². The van der Waals surface area contributed by atoms with Crippen LogP contribution in [0.15, 0.2) is 24.3 Å². The van der Waals surface area contributed by atoms with Gasteiger partial charge in [-0.25, -0.2) is 0 Å². The molecule has 0 spiro atoms. The van der Waals surface area contributed by atoms with Crippen LogP contribution in [-0.2, 0) is 6.54 Å². The van der Waals surface area contributed by atoms with Crippen molar-refractivity contribution in [2.75, 3.05) is 52.9 Å². The van der Waals surface area contributed by atoms with Crippen molar-refractivity contribution < 1.29 is 0 Å². The van der Waals surface area contributed by atoms with E-state index in [2.05, 4.69) is 33.9 Å². The molecule has 0 bridgehead atoms. The number of piperazine rings is 1. The molecule has 4 heteroatoms. The maximum atomic E-state index is 9.21. The monoisotopic (exact) mass is 312 g/mol. The van der Waals surface area contributed by atoms with E-state index in [0.29, 0.717) is 0 Å². The second kappa shape index (κ2) is 7.92. The van der Waals surface area contributed by atoms with Crippen molar-refractivity contribution in [3.8, 4) is 6.07 Å². The SMILES string of the molecule is CN1CCN(CC2CCN(Cc3ccccc3C#N)CC2)CC1. The second-order valence-corrected chi connectivity index (χ2v) is 7.09. The van der Waals surface area contributed by atoms with Gasteiger partial charge in [0, 0.05) is 39.3 Å². The molecule has 0 aliphatic carbocycles. The van der Waals surface area contributed by atoms with Crippen LogP contribution in [0.25, 0.3) is 0 Å². The van der Waals surface area contributed by atoms with Gasteiger partial charge in [0.05, 0.1) is 11.6 Å². The molecule has 2 aliphatic rings. The lowest BCUT2D eigenvalue weighted by Crippen LogP contribution is -2.47. The molecule has 0 unspecified atom stereocenters. The third-order valence-electron chi connectivity index (χ3n) is 5.35. The number of rotatable bonds is 4. The van der Waals surface area contributed by atoms with Gasteiger partial charge in [-0.05, 0) is 50.5 Å². The highest BCUT2D eigenvalue weighted by Crippen LogP contribution is 2.21. The van der Waals surface area contributed by atoms with Crippen LogP contribution < -0.4 is 0 Å². The van der Waals surface area contributed by atoms with Crippen molar-refractivity contribution in [1.82, 2.24) is 14.7 Å². The number of nitriles is 1. The van der Waals surface area contributed by atoms with E-state index >= 15 is 0 Å². The molecule has 0 atom stereocenters. The number of likely N-dealkylation sites (tertiary alicyclic amines) is 1. The third kappa shape index (κ3) is 4.54. The van der Waals surface area contributed by atoms with E-state index in [1.807, 2.05) is 18.2 Å². The van der Waals surface area contributed by atoms with Gasteiger partial charge in [-0.2, -0.15) is 5.26 Å². The van der Waals surface area contributed by atoms with Crippen molar-refractivity contribution >= 4 is 0 Å². The lowest BCUT2D eigenvalue weighted by atomic mass is 9.95. The van der Waals surface area contributed by atoms with Crippen LogP contribution in [0.2, 0.25) is 0 Å². The van der Waals surface area contributed by atoms with E-state index in [9.17, 15) is 5.26 Å². The molecule has 1 aromatic rings. The number of hydrogen-bond acceptors (Lipinski definition) is 4. The van der Waals surface area contributed by atoms with Gasteiger partial charge in [-0.3, -0.25) is 4.90 Å². The molecule has 4 nitrogen and oxygen atoms in total. The summed E-state index contributed by atoms with van der Waals surface area (Å²) in [6.07, 6.45) is 2.59. The van der Waals surface area contributed by atoms with Crippen LogP contribution in [0.5, 0.6) is 0 Å². The van der Waals surface area contributed by atoms with Crippen molar-refractivity contribution in [3.63, 3.8) is 0 Å². The van der Waals surface area contributed by atoms with Crippen molar-refractivity contribution in [2.45, 2.75) is 19.4 Å². The Kier molecular flexibility index (Phi) is 5.66. The van der Waals surface area contributed by atoms with Crippen LogP contribution in [0.3, 0.4) is 0 Å². The summed E-state index contributed by atoms with van der Waals surface area (Å²) in [6, 6.07) is 10.3. The summed E-state index contributed by atoms with van der Waals surface area (Å²) in [5.74, 6) is 0.848. The van der Waals surface area contributed by atoms with Crippen LogP contribution in [0.1, 0.15) is 24.0 Å². The highest BCUT2D eigenvalue weighted by atomic mass is 15.2. The maximum Gasteiger partial charge on any atom is 0.0995 e. The van der Waals surface area contributed by atoms with Crippen LogP contribution in [0, 0.1) is 17.2 Å². The number of likely N-dealkylation sites (N-methyl/N-ethyl adjacent to an activating group) is 1. The second-order valence-electron chi connectivity index (χ2n) is 7.09. The van der Waals surface area contributed by atoms with Gasteiger partial charge < -0.3 is 9.80 Å². The fraction of sp³-hybridized carbons (Fsp3) is 0.632. The topological polar surface area (TPSA) is 33.5 Å². The minimum absolute atomic E-state index is 0.826. The summed E-state index contributed by atoms with van der Waals surface area (Å²) in [4.78, 5) is 7.58. The summed E-state index contributed by atoms with van der Waals surface area (Å²) in [5, 5.41) is 9.21. The number of hydrogen-bond donors (Lipinski definition) is 0. The highest BCUT2D eigenvalue weighted by molar-refractivity contribution is 5.37. The van der Waals surface area contributed by atoms with Gasteiger partial charge in [0.2, 0.25) is 0 Å². The van der Waals surface area contributed by atoms with Crippen molar-refractivity contribution in [2.24, 2.45) is 5.92 Å². The van der Waals surface area contributed by atoms with E-state index in [0.717, 1.165) is 31.1 Å². The normalized spacial score (nSPS) is 22.1. The third-order valence-corrected chi connectivity index (χ3v) is 5.35. The standard InChI is InChI=1S/C19H28N4/c1-21-10-12-23(13-11-21)15-17-6-8-22(9-7-17)16-19-5-3-2-4-18(19)14-20/h2-5,17H,6-13,15-16H2,1H3. The first kappa shape index (κ1) is 16.4. The van der Waals surface area contributed by atoms with E-state index in [-0.39, 0.29) is 0 Å². The Bertz CT molecular complexity index is 535. The average Bonchev–Trinajstić information content (AvgIpc) is 2.59. The molecule has 0 radical (unpaired) electrons. The van der Waals surface area contributed by atoms with E-state index < -0.39 is 0 Å². The van der Waals surface area contributed by atoms with Crippen molar-refractivity contribution in [1.29, 1.82) is 5.26 Å². The molecule has 2 fully saturated rings. The molecule has 23 heavy (non-hydrogen) atoms. The van der Waals surface area contributed by atoms with Crippen LogP contribution >= 0.6 is 0 Å². The average molecular weight is 312 g/mol. The molecule has 124 valence electrons. The van der Waals surface area contributed by atoms with Crippen LogP contribution in [-0.4, -0.2) is 67.6 Å². The molecule has 1 aromatic carbocycles. The largest absolute Gasteiger partial charge is 0.304 e. The molecule has 0 amide bonds. The maximum absolute atomic E-state index is 9.21. The minimum Gasteiger partial charge on any atom is -0.304 e. The molecule has 2 saturated heterocycles. The molecule has 3 rings (SSSR count). The molecular formula is C19H28N4. The zero-order valence-corrected chi connectivity index (χ0v) is 14.2. The Labute approximate surface area is 140 Å². The highest BCUT2D eigenvalue weighted by Gasteiger charge is 2.23. The smallest absolute Gasteiger partial charge is 0.0995 e. The summed E-state index contributed by atoms with van der Waals surface area (Å²) < 4.78 is 0. The first-order valence-electron chi connectivity index (χ1n) is 8.86. The molecular weight excluding hydrogens is 284 g/mol. The Hall–Kier alpha value is -1.41. The first-order valence-corrected chi connectivity index (χ1v) is 8.86. The predicted octanol–water partition coefficient (Wildman–Crippen LogP) is 2.02. The van der Waals surface area contributed by atoms with Gasteiger partial charge in [0.1, 0.15) is 0 Å². The molecule has 0 aromatic heterocycles. The summed E-state index contributed by atoms with van der Waals surface area (Å²) in [7, 11) is 2.22. The number of nitrogens with zero attached hydrogens (tertiary/aromatic N) is 4. The summed E-state index contributed by atoms with van der Waals surface area (Å²) >= 11 is 0. The van der Waals surface area contributed by atoms with E-state index in [1.54, 1.807) is 0 Å². The minimum atomic E-state index is 0.826.